The number of amides is 1. The molecule has 4 nitrogen and oxygen atoms in total. The van der Waals surface area contributed by atoms with Gasteiger partial charge in [0.2, 0.25) is 0 Å². The zero-order chi connectivity index (χ0) is 15.2. The van der Waals surface area contributed by atoms with E-state index in [1.807, 2.05) is 13.0 Å². The van der Waals surface area contributed by atoms with Crippen molar-refractivity contribution >= 4 is 23.2 Å². The molecular weight excluding hydrogens is 286 g/mol. The molecule has 0 bridgehead atoms. The topological polar surface area (TPSA) is 57.6 Å². The summed E-state index contributed by atoms with van der Waals surface area (Å²) in [5, 5.41) is 8.95. The van der Waals surface area contributed by atoms with E-state index in [0.717, 1.165) is 19.3 Å². The van der Waals surface area contributed by atoms with E-state index in [0.29, 0.717) is 11.4 Å². The van der Waals surface area contributed by atoms with Crippen LogP contribution in [0.3, 0.4) is 0 Å². The van der Waals surface area contributed by atoms with Gasteiger partial charge in [-0.3, -0.25) is 9.59 Å². The first-order valence-electron chi connectivity index (χ1n) is 7.74. The first-order valence-corrected chi connectivity index (χ1v) is 8.56. The molecule has 0 saturated carbocycles. The summed E-state index contributed by atoms with van der Waals surface area (Å²) in [6.07, 6.45) is 7.77. The fourth-order valence-electron chi connectivity index (χ4n) is 2.79. The monoisotopic (exact) mass is 309 g/mol. The first kappa shape index (κ1) is 16.0. The lowest BCUT2D eigenvalue weighted by Gasteiger charge is -2.18. The van der Waals surface area contributed by atoms with Crippen molar-refractivity contribution in [3.8, 4) is 0 Å². The van der Waals surface area contributed by atoms with Crippen molar-refractivity contribution in [1.82, 2.24) is 4.90 Å². The Morgan fingerprint density at radius 2 is 1.95 bits per heavy atom. The summed E-state index contributed by atoms with van der Waals surface area (Å²) in [6, 6.07) is 2.00. The number of carboxylic acid groups (broad SMARTS) is 1. The van der Waals surface area contributed by atoms with Crippen LogP contribution in [0.15, 0.2) is 6.07 Å². The largest absolute Gasteiger partial charge is 0.480 e. The Hall–Kier alpha value is -1.36. The van der Waals surface area contributed by atoms with E-state index < -0.39 is 5.97 Å². The Morgan fingerprint density at radius 3 is 2.62 bits per heavy atom. The van der Waals surface area contributed by atoms with Crippen LogP contribution in [0.4, 0.5) is 0 Å². The van der Waals surface area contributed by atoms with E-state index in [-0.39, 0.29) is 12.5 Å². The molecule has 0 radical (unpaired) electrons. The van der Waals surface area contributed by atoms with Crippen LogP contribution in [-0.4, -0.2) is 35.0 Å². The minimum atomic E-state index is -0.952. The molecule has 0 aromatic carbocycles. The van der Waals surface area contributed by atoms with Gasteiger partial charge in [0.05, 0.1) is 4.88 Å². The second-order valence-electron chi connectivity index (χ2n) is 5.59. The molecule has 0 fully saturated rings. The molecule has 116 valence electrons. The number of rotatable bonds is 5. The van der Waals surface area contributed by atoms with Crippen molar-refractivity contribution in [3.05, 3.63) is 21.4 Å². The summed E-state index contributed by atoms with van der Waals surface area (Å²) in [4.78, 5) is 26.9. The lowest BCUT2D eigenvalue weighted by atomic mass is 10.00. The molecule has 1 aromatic heterocycles. The highest BCUT2D eigenvalue weighted by molar-refractivity contribution is 7.14. The van der Waals surface area contributed by atoms with Gasteiger partial charge in [0.25, 0.3) is 5.91 Å². The Labute approximate surface area is 129 Å². The number of carbonyl (C=O) groups excluding carboxylic acids is 1. The van der Waals surface area contributed by atoms with E-state index in [9.17, 15) is 9.59 Å². The fourth-order valence-corrected chi connectivity index (χ4v) is 4.01. The number of nitrogens with zero attached hydrogens (tertiary/aromatic N) is 1. The van der Waals surface area contributed by atoms with Crippen LogP contribution in [-0.2, 0) is 17.6 Å². The van der Waals surface area contributed by atoms with Gasteiger partial charge in [-0.1, -0.05) is 19.8 Å². The SMILES string of the molecule is CCCN(CC(=O)O)C(=O)c1cc2c(s1)CCCCCC2. The van der Waals surface area contributed by atoms with Gasteiger partial charge >= 0.3 is 5.97 Å². The van der Waals surface area contributed by atoms with Gasteiger partial charge in [-0.05, 0) is 43.7 Å². The van der Waals surface area contributed by atoms with Crippen LogP contribution in [0.2, 0.25) is 0 Å². The fraction of sp³-hybridized carbons (Fsp3) is 0.625. The van der Waals surface area contributed by atoms with Gasteiger partial charge < -0.3 is 10.0 Å². The zero-order valence-electron chi connectivity index (χ0n) is 12.6. The van der Waals surface area contributed by atoms with Gasteiger partial charge in [0.1, 0.15) is 6.54 Å². The summed E-state index contributed by atoms with van der Waals surface area (Å²) in [5.74, 6) is -1.08. The molecule has 1 N–H and O–H groups in total. The highest BCUT2D eigenvalue weighted by Crippen LogP contribution is 2.29. The van der Waals surface area contributed by atoms with E-state index >= 15 is 0 Å². The minimum absolute atomic E-state index is 0.129. The predicted octanol–water partition coefficient (Wildman–Crippen LogP) is 3.34. The molecule has 5 heteroatoms. The number of aliphatic carboxylic acids is 1. The smallest absolute Gasteiger partial charge is 0.323 e. The van der Waals surface area contributed by atoms with Crippen molar-refractivity contribution in [2.75, 3.05) is 13.1 Å². The van der Waals surface area contributed by atoms with Crippen molar-refractivity contribution < 1.29 is 14.7 Å². The summed E-state index contributed by atoms with van der Waals surface area (Å²) < 4.78 is 0. The van der Waals surface area contributed by atoms with Gasteiger partial charge in [-0.25, -0.2) is 0 Å². The third kappa shape index (κ3) is 4.30. The lowest BCUT2D eigenvalue weighted by molar-refractivity contribution is -0.137. The van der Waals surface area contributed by atoms with Gasteiger partial charge in [0.15, 0.2) is 0 Å². The van der Waals surface area contributed by atoms with Crippen molar-refractivity contribution in [3.63, 3.8) is 0 Å². The number of thiophene rings is 1. The number of carbonyl (C=O) groups is 2. The number of hydrogen-bond acceptors (Lipinski definition) is 3. The molecule has 0 saturated heterocycles. The average Bonchev–Trinajstić information content (AvgIpc) is 2.79. The van der Waals surface area contributed by atoms with Crippen LogP contribution in [0, 0.1) is 0 Å². The maximum atomic E-state index is 12.5. The average molecular weight is 309 g/mol. The van der Waals surface area contributed by atoms with Crippen LogP contribution >= 0.6 is 11.3 Å². The highest BCUT2D eigenvalue weighted by Gasteiger charge is 2.21. The Bertz CT molecular complexity index is 484. The maximum absolute atomic E-state index is 12.5. The minimum Gasteiger partial charge on any atom is -0.480 e. The lowest BCUT2D eigenvalue weighted by Crippen LogP contribution is -2.35. The van der Waals surface area contributed by atoms with E-state index in [2.05, 4.69) is 0 Å². The zero-order valence-corrected chi connectivity index (χ0v) is 13.4. The summed E-state index contributed by atoms with van der Waals surface area (Å²) in [5.41, 5.74) is 1.30. The molecule has 0 unspecified atom stereocenters. The molecule has 1 heterocycles. The van der Waals surface area contributed by atoms with Gasteiger partial charge in [0, 0.05) is 11.4 Å². The second kappa shape index (κ2) is 7.59. The van der Waals surface area contributed by atoms with Crippen LogP contribution in [0.5, 0.6) is 0 Å². The summed E-state index contributed by atoms with van der Waals surface area (Å²) in [6.45, 7) is 2.23. The quantitative estimate of drug-likeness (QED) is 0.907. The molecule has 0 spiro atoms. The van der Waals surface area contributed by atoms with Crippen LogP contribution in [0.1, 0.15) is 59.1 Å². The number of carboxylic acids is 1. The number of fused-ring (bicyclic) bond motifs is 1. The van der Waals surface area contributed by atoms with Crippen LogP contribution in [0.25, 0.3) is 0 Å². The maximum Gasteiger partial charge on any atom is 0.323 e. The molecule has 0 aliphatic heterocycles. The third-order valence-corrected chi connectivity index (χ3v) is 5.04. The van der Waals surface area contributed by atoms with E-state index in [1.165, 1.54) is 41.0 Å². The molecule has 21 heavy (non-hydrogen) atoms. The van der Waals surface area contributed by atoms with Crippen LogP contribution < -0.4 is 0 Å². The van der Waals surface area contributed by atoms with Gasteiger partial charge in [-0.15, -0.1) is 11.3 Å². The molecule has 2 rings (SSSR count). The highest BCUT2D eigenvalue weighted by atomic mass is 32.1. The van der Waals surface area contributed by atoms with Crippen molar-refractivity contribution in [2.24, 2.45) is 0 Å². The molecule has 1 amide bonds. The van der Waals surface area contributed by atoms with Gasteiger partial charge in [-0.2, -0.15) is 0 Å². The predicted molar refractivity (Wildman–Crippen MR) is 84.0 cm³/mol. The molecule has 1 aromatic rings. The van der Waals surface area contributed by atoms with E-state index in [4.69, 9.17) is 5.11 Å². The third-order valence-electron chi connectivity index (χ3n) is 3.81. The normalized spacial score (nSPS) is 14.9. The molecule has 1 aliphatic rings. The number of aryl methyl sites for hydroxylation is 2. The Kier molecular flexibility index (Phi) is 5.79. The Balaban J connectivity index is 2.17. The summed E-state index contributed by atoms with van der Waals surface area (Å²) in [7, 11) is 0. The van der Waals surface area contributed by atoms with E-state index in [1.54, 1.807) is 11.3 Å². The van der Waals surface area contributed by atoms with Crippen molar-refractivity contribution in [2.45, 2.75) is 51.9 Å². The molecular formula is C16H23NO3S. The molecule has 0 atom stereocenters. The standard InChI is InChI=1S/C16H23NO3S/c1-2-9-17(11-15(18)19)16(20)14-10-12-7-5-3-4-6-8-13(12)21-14/h10H,2-9,11H2,1H3,(H,18,19). The number of hydrogen-bond donors (Lipinski definition) is 1. The summed E-state index contributed by atoms with van der Waals surface area (Å²) >= 11 is 1.56. The van der Waals surface area contributed by atoms with Crippen molar-refractivity contribution in [1.29, 1.82) is 0 Å². The Morgan fingerprint density at radius 1 is 1.24 bits per heavy atom. The second-order valence-corrected chi connectivity index (χ2v) is 6.73. The molecule has 1 aliphatic carbocycles. The first-order chi connectivity index (χ1) is 10.1.